The van der Waals surface area contributed by atoms with Gasteiger partial charge in [-0.3, -0.25) is 4.68 Å². The van der Waals surface area contributed by atoms with Crippen LogP contribution in [0.3, 0.4) is 0 Å². The van der Waals surface area contributed by atoms with E-state index in [1.807, 2.05) is 30.3 Å². The largest absolute Gasteiger partial charge is 0.327 e. The normalized spacial score (nSPS) is 12.9. The SMILES string of the molecule is CCC(N)Cc1c(C)nn(C)c1-n1nc(C)c(Br)c1C. The first-order valence-corrected chi connectivity index (χ1v) is 7.66. The molecule has 2 rings (SSSR count). The summed E-state index contributed by atoms with van der Waals surface area (Å²) in [6.07, 6.45) is 1.77. The number of nitrogens with two attached hydrogens (primary N) is 1. The summed E-state index contributed by atoms with van der Waals surface area (Å²) in [5, 5.41) is 9.16. The molecule has 2 aromatic rings. The van der Waals surface area contributed by atoms with E-state index in [9.17, 15) is 0 Å². The minimum Gasteiger partial charge on any atom is -0.327 e. The van der Waals surface area contributed by atoms with Gasteiger partial charge in [-0.15, -0.1) is 0 Å². The number of rotatable bonds is 4. The molecular formula is C14H22BrN5. The highest BCUT2D eigenvalue weighted by Crippen LogP contribution is 2.26. The minimum absolute atomic E-state index is 0.150. The summed E-state index contributed by atoms with van der Waals surface area (Å²) in [6.45, 7) is 8.18. The molecule has 2 N–H and O–H groups in total. The van der Waals surface area contributed by atoms with E-state index in [1.54, 1.807) is 0 Å². The Morgan fingerprint density at radius 2 is 1.85 bits per heavy atom. The lowest BCUT2D eigenvalue weighted by atomic mass is 10.0. The van der Waals surface area contributed by atoms with Crippen LogP contribution in [-0.4, -0.2) is 25.6 Å². The number of aromatic nitrogens is 4. The van der Waals surface area contributed by atoms with Crippen molar-refractivity contribution < 1.29 is 0 Å². The first kappa shape index (κ1) is 15.3. The molecule has 0 amide bonds. The van der Waals surface area contributed by atoms with E-state index < -0.39 is 0 Å². The maximum absolute atomic E-state index is 6.13. The van der Waals surface area contributed by atoms with Gasteiger partial charge in [0.2, 0.25) is 0 Å². The number of nitrogens with zero attached hydrogens (tertiary/aromatic N) is 4. The third-order valence-corrected chi connectivity index (χ3v) is 4.86. The Labute approximate surface area is 128 Å². The third kappa shape index (κ3) is 2.54. The van der Waals surface area contributed by atoms with Crippen LogP contribution in [0.2, 0.25) is 0 Å². The summed E-state index contributed by atoms with van der Waals surface area (Å²) in [7, 11) is 1.95. The Bertz CT molecular complexity index is 626. The molecular weight excluding hydrogens is 318 g/mol. The second kappa shape index (κ2) is 5.69. The van der Waals surface area contributed by atoms with Crippen molar-refractivity contribution in [3.63, 3.8) is 0 Å². The Balaban J connectivity index is 2.58. The predicted molar refractivity (Wildman–Crippen MR) is 84.2 cm³/mol. The zero-order chi connectivity index (χ0) is 15.0. The summed E-state index contributed by atoms with van der Waals surface area (Å²) in [6, 6.07) is 0.150. The molecule has 110 valence electrons. The molecule has 2 heterocycles. The van der Waals surface area contributed by atoms with Crippen LogP contribution >= 0.6 is 15.9 Å². The van der Waals surface area contributed by atoms with Gasteiger partial charge in [-0.25, -0.2) is 4.68 Å². The van der Waals surface area contributed by atoms with Crippen molar-refractivity contribution >= 4 is 15.9 Å². The van der Waals surface area contributed by atoms with Crippen molar-refractivity contribution in [1.29, 1.82) is 0 Å². The molecule has 0 spiro atoms. The molecule has 2 aromatic heterocycles. The molecule has 6 heteroatoms. The quantitative estimate of drug-likeness (QED) is 0.931. The van der Waals surface area contributed by atoms with Gasteiger partial charge in [0.25, 0.3) is 0 Å². The number of hydrogen-bond acceptors (Lipinski definition) is 3. The van der Waals surface area contributed by atoms with Gasteiger partial charge in [0.05, 0.1) is 21.6 Å². The van der Waals surface area contributed by atoms with Crippen molar-refractivity contribution in [2.45, 2.75) is 46.6 Å². The van der Waals surface area contributed by atoms with Crippen LogP contribution in [0.1, 0.15) is 36.0 Å². The predicted octanol–water partition coefficient (Wildman–Crippen LogP) is 2.57. The highest BCUT2D eigenvalue weighted by atomic mass is 79.9. The molecule has 0 aliphatic heterocycles. The standard InChI is InChI=1S/C14H22BrN5/c1-6-11(16)7-12-8(2)17-19(5)14(12)20-10(4)13(15)9(3)18-20/h11H,6-7,16H2,1-5H3. The molecule has 0 aromatic carbocycles. The minimum atomic E-state index is 0.150. The summed E-state index contributed by atoms with van der Waals surface area (Å²) >= 11 is 3.58. The van der Waals surface area contributed by atoms with Crippen molar-refractivity contribution in [2.75, 3.05) is 0 Å². The average Bonchev–Trinajstić information content (AvgIpc) is 2.81. The van der Waals surface area contributed by atoms with E-state index in [0.29, 0.717) is 0 Å². The van der Waals surface area contributed by atoms with Crippen LogP contribution in [0.4, 0.5) is 0 Å². The summed E-state index contributed by atoms with van der Waals surface area (Å²) in [5.74, 6) is 1.01. The van der Waals surface area contributed by atoms with Crippen LogP contribution in [0.15, 0.2) is 4.47 Å². The lowest BCUT2D eigenvalue weighted by molar-refractivity contribution is 0.634. The van der Waals surface area contributed by atoms with Gasteiger partial charge in [0.1, 0.15) is 0 Å². The van der Waals surface area contributed by atoms with E-state index in [-0.39, 0.29) is 6.04 Å². The van der Waals surface area contributed by atoms with E-state index >= 15 is 0 Å². The monoisotopic (exact) mass is 339 g/mol. The van der Waals surface area contributed by atoms with Crippen LogP contribution in [0.25, 0.3) is 5.82 Å². The zero-order valence-electron chi connectivity index (χ0n) is 12.7. The first-order valence-electron chi connectivity index (χ1n) is 6.86. The fourth-order valence-electron chi connectivity index (χ4n) is 2.43. The molecule has 0 aliphatic rings. The van der Waals surface area contributed by atoms with Gasteiger partial charge in [0.15, 0.2) is 5.82 Å². The Morgan fingerprint density at radius 1 is 1.20 bits per heavy atom. The lowest BCUT2D eigenvalue weighted by Crippen LogP contribution is -2.22. The summed E-state index contributed by atoms with van der Waals surface area (Å²) < 4.78 is 4.89. The molecule has 0 fully saturated rings. The Morgan fingerprint density at radius 3 is 2.35 bits per heavy atom. The van der Waals surface area contributed by atoms with E-state index in [2.05, 4.69) is 40.0 Å². The number of halogens is 1. The molecule has 0 aliphatic carbocycles. The summed E-state index contributed by atoms with van der Waals surface area (Å²) in [5.41, 5.74) is 10.4. The second-order valence-electron chi connectivity index (χ2n) is 5.28. The third-order valence-electron chi connectivity index (χ3n) is 3.71. The molecule has 5 nitrogen and oxygen atoms in total. The molecule has 0 saturated heterocycles. The summed E-state index contributed by atoms with van der Waals surface area (Å²) in [4.78, 5) is 0. The molecule has 1 unspecified atom stereocenters. The van der Waals surface area contributed by atoms with Gasteiger partial charge in [-0.2, -0.15) is 10.2 Å². The Kier molecular flexibility index (Phi) is 4.34. The average molecular weight is 340 g/mol. The fourth-order valence-corrected chi connectivity index (χ4v) is 2.68. The van der Waals surface area contributed by atoms with Crippen molar-refractivity contribution in [1.82, 2.24) is 19.6 Å². The van der Waals surface area contributed by atoms with Gasteiger partial charge >= 0.3 is 0 Å². The van der Waals surface area contributed by atoms with Crippen molar-refractivity contribution in [3.05, 3.63) is 27.1 Å². The number of hydrogen-bond donors (Lipinski definition) is 1. The maximum Gasteiger partial charge on any atom is 0.155 e. The van der Waals surface area contributed by atoms with Gasteiger partial charge in [-0.05, 0) is 49.5 Å². The smallest absolute Gasteiger partial charge is 0.155 e. The van der Waals surface area contributed by atoms with E-state index in [0.717, 1.165) is 40.2 Å². The van der Waals surface area contributed by atoms with E-state index in [4.69, 9.17) is 5.73 Å². The van der Waals surface area contributed by atoms with Crippen LogP contribution in [0.5, 0.6) is 0 Å². The van der Waals surface area contributed by atoms with E-state index in [1.165, 1.54) is 5.56 Å². The topological polar surface area (TPSA) is 61.7 Å². The molecule has 0 saturated carbocycles. The highest BCUT2D eigenvalue weighted by Gasteiger charge is 2.20. The molecule has 0 bridgehead atoms. The van der Waals surface area contributed by atoms with Crippen LogP contribution in [-0.2, 0) is 13.5 Å². The van der Waals surface area contributed by atoms with Crippen LogP contribution < -0.4 is 5.73 Å². The zero-order valence-corrected chi connectivity index (χ0v) is 14.3. The first-order chi connectivity index (χ1) is 9.36. The van der Waals surface area contributed by atoms with Gasteiger partial charge in [-0.1, -0.05) is 6.92 Å². The fraction of sp³-hybridized carbons (Fsp3) is 0.571. The maximum atomic E-state index is 6.13. The Hall–Kier alpha value is -1.14. The highest BCUT2D eigenvalue weighted by molar-refractivity contribution is 9.10. The van der Waals surface area contributed by atoms with Crippen molar-refractivity contribution in [3.8, 4) is 5.82 Å². The molecule has 1 atom stereocenters. The number of aryl methyl sites for hydroxylation is 3. The molecule has 20 heavy (non-hydrogen) atoms. The second-order valence-corrected chi connectivity index (χ2v) is 6.07. The van der Waals surface area contributed by atoms with Crippen LogP contribution in [0, 0.1) is 20.8 Å². The van der Waals surface area contributed by atoms with Crippen molar-refractivity contribution in [2.24, 2.45) is 12.8 Å². The van der Waals surface area contributed by atoms with Gasteiger partial charge in [0, 0.05) is 18.7 Å². The lowest BCUT2D eigenvalue weighted by Gasteiger charge is -2.12. The molecule has 0 radical (unpaired) electrons. The van der Waals surface area contributed by atoms with Gasteiger partial charge < -0.3 is 5.73 Å².